The molecule has 1 atom stereocenters. The second-order valence-corrected chi connectivity index (χ2v) is 4.89. The van der Waals surface area contributed by atoms with Gasteiger partial charge in [0.1, 0.15) is 0 Å². The molecule has 1 aliphatic heterocycles. The summed E-state index contributed by atoms with van der Waals surface area (Å²) in [5, 5.41) is 3.46. The molecule has 2 nitrogen and oxygen atoms in total. The Labute approximate surface area is 105 Å². The van der Waals surface area contributed by atoms with Gasteiger partial charge < -0.3 is 10.2 Å². The smallest absolute Gasteiger partial charge is 0.0431 e. The highest BCUT2D eigenvalue weighted by atomic mass is 15.2. The van der Waals surface area contributed by atoms with Crippen molar-refractivity contribution in [3.8, 4) is 0 Å². The zero-order valence-electron chi connectivity index (χ0n) is 11.3. The lowest BCUT2D eigenvalue weighted by molar-refractivity contribution is 0.680. The Hall–Kier alpha value is -1.02. The van der Waals surface area contributed by atoms with Gasteiger partial charge in [-0.1, -0.05) is 32.0 Å². The van der Waals surface area contributed by atoms with E-state index >= 15 is 0 Å². The van der Waals surface area contributed by atoms with Gasteiger partial charge >= 0.3 is 0 Å². The molecule has 1 aromatic carbocycles. The van der Waals surface area contributed by atoms with Crippen molar-refractivity contribution in [1.82, 2.24) is 5.32 Å². The van der Waals surface area contributed by atoms with Gasteiger partial charge in [0.05, 0.1) is 0 Å². The average Bonchev–Trinajstić information content (AvgIpc) is 2.90. The van der Waals surface area contributed by atoms with Gasteiger partial charge in [-0.25, -0.2) is 0 Å². The number of nitrogens with one attached hydrogen (secondary N) is 1. The van der Waals surface area contributed by atoms with Gasteiger partial charge in [-0.3, -0.25) is 0 Å². The lowest BCUT2D eigenvalue weighted by atomic mass is 10.0. The third kappa shape index (κ3) is 2.47. The average molecular weight is 232 g/mol. The molecule has 2 heteroatoms. The number of rotatable bonds is 4. The molecule has 17 heavy (non-hydrogen) atoms. The van der Waals surface area contributed by atoms with Gasteiger partial charge in [-0.15, -0.1) is 0 Å². The van der Waals surface area contributed by atoms with Crippen LogP contribution in [0.5, 0.6) is 0 Å². The van der Waals surface area contributed by atoms with E-state index in [4.69, 9.17) is 0 Å². The van der Waals surface area contributed by atoms with E-state index in [0.29, 0.717) is 6.04 Å². The third-order valence-corrected chi connectivity index (χ3v) is 3.90. The van der Waals surface area contributed by atoms with Crippen LogP contribution in [0.3, 0.4) is 0 Å². The van der Waals surface area contributed by atoms with Crippen molar-refractivity contribution < 1.29 is 0 Å². The molecule has 0 radical (unpaired) electrons. The van der Waals surface area contributed by atoms with Crippen LogP contribution in [-0.4, -0.2) is 26.2 Å². The summed E-state index contributed by atoms with van der Waals surface area (Å²) in [6.45, 7) is 6.78. The molecule has 0 aromatic heterocycles. The summed E-state index contributed by atoms with van der Waals surface area (Å²) in [6, 6.07) is 7.40. The molecule has 1 fully saturated rings. The normalized spacial score (nSPS) is 19.6. The molecular formula is C15H24N2. The standard InChI is InChI=1S/C15H24N2/c1-4-12-7-6-8-13(5-2)15(12)17(3)14-9-10-16-11-14/h6-8,14,16H,4-5,9-11H2,1-3H3. The Balaban J connectivity index is 2.33. The van der Waals surface area contributed by atoms with E-state index in [-0.39, 0.29) is 0 Å². The zero-order valence-corrected chi connectivity index (χ0v) is 11.3. The minimum Gasteiger partial charge on any atom is -0.370 e. The molecule has 1 N–H and O–H groups in total. The summed E-state index contributed by atoms with van der Waals surface area (Å²) in [6.07, 6.45) is 3.50. The number of aryl methyl sites for hydroxylation is 2. The number of nitrogens with zero attached hydrogens (tertiary/aromatic N) is 1. The highest BCUT2D eigenvalue weighted by Gasteiger charge is 2.22. The van der Waals surface area contributed by atoms with Gasteiger partial charge in [0.2, 0.25) is 0 Å². The van der Waals surface area contributed by atoms with Crippen molar-refractivity contribution in [1.29, 1.82) is 0 Å². The van der Waals surface area contributed by atoms with Crippen molar-refractivity contribution in [2.24, 2.45) is 0 Å². The SMILES string of the molecule is CCc1cccc(CC)c1N(C)C1CCNC1. The molecule has 2 rings (SSSR count). The molecule has 0 spiro atoms. The Morgan fingerprint density at radius 3 is 2.35 bits per heavy atom. The summed E-state index contributed by atoms with van der Waals surface area (Å²) in [7, 11) is 2.26. The van der Waals surface area contributed by atoms with Crippen molar-refractivity contribution in [3.05, 3.63) is 29.3 Å². The minimum absolute atomic E-state index is 0.660. The molecule has 0 aliphatic carbocycles. The van der Waals surface area contributed by atoms with Crippen LogP contribution in [0.15, 0.2) is 18.2 Å². The molecule has 1 unspecified atom stereocenters. The first kappa shape index (κ1) is 12.4. The summed E-state index contributed by atoms with van der Waals surface area (Å²) >= 11 is 0. The van der Waals surface area contributed by atoms with Crippen molar-refractivity contribution in [2.45, 2.75) is 39.2 Å². The van der Waals surface area contributed by atoms with Crippen molar-refractivity contribution >= 4 is 5.69 Å². The first-order valence-corrected chi connectivity index (χ1v) is 6.82. The monoisotopic (exact) mass is 232 g/mol. The second kappa shape index (κ2) is 5.54. The maximum atomic E-state index is 3.46. The van der Waals surface area contributed by atoms with E-state index in [0.717, 1.165) is 25.9 Å². The summed E-state index contributed by atoms with van der Waals surface area (Å²) in [4.78, 5) is 2.50. The number of likely N-dealkylation sites (N-methyl/N-ethyl adjacent to an activating group) is 1. The minimum atomic E-state index is 0.660. The lowest BCUT2D eigenvalue weighted by Gasteiger charge is -2.30. The Morgan fingerprint density at radius 1 is 1.24 bits per heavy atom. The molecule has 0 saturated carbocycles. The molecule has 1 aromatic rings. The van der Waals surface area contributed by atoms with E-state index in [1.165, 1.54) is 23.2 Å². The van der Waals surface area contributed by atoms with E-state index in [9.17, 15) is 0 Å². The quantitative estimate of drug-likeness (QED) is 0.858. The van der Waals surface area contributed by atoms with Crippen LogP contribution >= 0.6 is 0 Å². The van der Waals surface area contributed by atoms with Gasteiger partial charge in [0, 0.05) is 25.3 Å². The van der Waals surface area contributed by atoms with E-state index in [2.05, 4.69) is 49.3 Å². The van der Waals surface area contributed by atoms with Crippen molar-refractivity contribution in [3.63, 3.8) is 0 Å². The molecule has 1 saturated heterocycles. The molecule has 0 bridgehead atoms. The number of benzene rings is 1. The highest BCUT2D eigenvalue weighted by Crippen LogP contribution is 2.28. The maximum absolute atomic E-state index is 3.46. The van der Waals surface area contributed by atoms with Gasteiger partial charge in [0.25, 0.3) is 0 Å². The fraction of sp³-hybridized carbons (Fsp3) is 0.600. The predicted octanol–water partition coefficient (Wildman–Crippen LogP) is 2.61. The van der Waals surface area contributed by atoms with Crippen LogP contribution in [0.1, 0.15) is 31.4 Å². The molecule has 1 heterocycles. The number of para-hydroxylation sites is 1. The molecular weight excluding hydrogens is 208 g/mol. The summed E-state index contributed by atoms with van der Waals surface area (Å²) in [5.41, 5.74) is 4.45. The third-order valence-electron chi connectivity index (χ3n) is 3.90. The van der Waals surface area contributed by atoms with E-state index < -0.39 is 0 Å². The van der Waals surface area contributed by atoms with Crippen LogP contribution in [0.25, 0.3) is 0 Å². The number of hydrogen-bond donors (Lipinski definition) is 1. The van der Waals surface area contributed by atoms with Gasteiger partial charge in [-0.05, 0) is 36.9 Å². The fourth-order valence-electron chi connectivity index (χ4n) is 2.82. The first-order valence-electron chi connectivity index (χ1n) is 6.82. The highest BCUT2D eigenvalue weighted by molar-refractivity contribution is 5.60. The predicted molar refractivity (Wildman–Crippen MR) is 74.9 cm³/mol. The maximum Gasteiger partial charge on any atom is 0.0431 e. The Bertz CT molecular complexity index is 345. The van der Waals surface area contributed by atoms with Crippen LogP contribution in [-0.2, 0) is 12.8 Å². The first-order chi connectivity index (χ1) is 8.27. The van der Waals surface area contributed by atoms with Crippen LogP contribution < -0.4 is 10.2 Å². The van der Waals surface area contributed by atoms with Gasteiger partial charge in [-0.2, -0.15) is 0 Å². The number of anilines is 1. The molecule has 94 valence electrons. The van der Waals surface area contributed by atoms with Crippen LogP contribution in [0.2, 0.25) is 0 Å². The van der Waals surface area contributed by atoms with E-state index in [1.807, 2.05) is 0 Å². The summed E-state index contributed by atoms with van der Waals surface area (Å²) in [5.74, 6) is 0. The Kier molecular flexibility index (Phi) is 4.06. The van der Waals surface area contributed by atoms with Crippen molar-refractivity contribution in [2.75, 3.05) is 25.0 Å². The lowest BCUT2D eigenvalue weighted by Crippen LogP contribution is -2.34. The molecule has 1 aliphatic rings. The largest absolute Gasteiger partial charge is 0.370 e. The number of hydrogen-bond acceptors (Lipinski definition) is 2. The zero-order chi connectivity index (χ0) is 12.3. The topological polar surface area (TPSA) is 15.3 Å². The van der Waals surface area contributed by atoms with Gasteiger partial charge in [0.15, 0.2) is 0 Å². The summed E-state index contributed by atoms with van der Waals surface area (Å²) < 4.78 is 0. The van der Waals surface area contributed by atoms with Crippen LogP contribution in [0, 0.1) is 0 Å². The Morgan fingerprint density at radius 2 is 1.88 bits per heavy atom. The van der Waals surface area contributed by atoms with Crippen LogP contribution in [0.4, 0.5) is 5.69 Å². The second-order valence-electron chi connectivity index (χ2n) is 4.89. The fourth-order valence-corrected chi connectivity index (χ4v) is 2.82. The van der Waals surface area contributed by atoms with E-state index in [1.54, 1.807) is 0 Å². The molecule has 0 amide bonds.